The number of nitrogens with two attached hydrogens (primary N) is 1. The number of rotatable bonds is 4. The van der Waals surface area contributed by atoms with Gasteiger partial charge in [0.05, 0.1) is 0 Å². The summed E-state index contributed by atoms with van der Waals surface area (Å²) < 4.78 is 0. The van der Waals surface area contributed by atoms with Gasteiger partial charge in [-0.05, 0) is 18.2 Å². The molecule has 1 aromatic rings. The van der Waals surface area contributed by atoms with Crippen LogP contribution in [0.3, 0.4) is 0 Å². The fourth-order valence-electron chi connectivity index (χ4n) is 2.31. The van der Waals surface area contributed by atoms with Crippen molar-refractivity contribution in [3.8, 4) is 0 Å². The second kappa shape index (κ2) is 5.93. The third kappa shape index (κ3) is 3.05. The Balaban J connectivity index is 2.00. The lowest BCUT2D eigenvalue weighted by Gasteiger charge is -2.34. The van der Waals surface area contributed by atoms with Gasteiger partial charge in [0.15, 0.2) is 0 Å². The summed E-state index contributed by atoms with van der Waals surface area (Å²) in [4.78, 5) is 9.04. The molecule has 1 fully saturated rings. The number of nitrogens with one attached hydrogen (secondary N) is 1. The molecular formula is C13H21N5. The molecule has 0 saturated carbocycles. The molecule has 1 aromatic heterocycles. The molecule has 5 nitrogen and oxygen atoms in total. The van der Waals surface area contributed by atoms with E-state index < -0.39 is 0 Å². The van der Waals surface area contributed by atoms with Gasteiger partial charge in [-0.2, -0.15) is 0 Å². The van der Waals surface area contributed by atoms with E-state index in [4.69, 9.17) is 11.1 Å². The van der Waals surface area contributed by atoms with Gasteiger partial charge in [0.2, 0.25) is 0 Å². The third-order valence-electron chi connectivity index (χ3n) is 3.45. The fourth-order valence-corrected chi connectivity index (χ4v) is 2.31. The van der Waals surface area contributed by atoms with Crippen molar-refractivity contribution in [1.29, 1.82) is 5.41 Å². The van der Waals surface area contributed by atoms with E-state index in [1.165, 1.54) is 0 Å². The van der Waals surface area contributed by atoms with E-state index in [2.05, 4.69) is 21.7 Å². The van der Waals surface area contributed by atoms with Crippen molar-refractivity contribution in [2.75, 3.05) is 32.7 Å². The van der Waals surface area contributed by atoms with Crippen LogP contribution in [-0.2, 0) is 6.54 Å². The zero-order valence-corrected chi connectivity index (χ0v) is 10.9. The fraction of sp³-hybridized carbons (Fsp3) is 0.538. The minimum Gasteiger partial charge on any atom is -0.382 e. The van der Waals surface area contributed by atoms with E-state index >= 15 is 0 Å². The molecule has 1 aliphatic rings. The minimum atomic E-state index is 0.0535. The van der Waals surface area contributed by atoms with Crippen LogP contribution in [0.25, 0.3) is 0 Å². The van der Waals surface area contributed by atoms with Crippen LogP contribution in [0.4, 0.5) is 0 Å². The molecule has 0 spiro atoms. The minimum absolute atomic E-state index is 0.0535. The Bertz CT molecular complexity index is 410. The number of nitrogen functional groups attached to an aromatic ring is 1. The Labute approximate surface area is 108 Å². The molecule has 5 heteroatoms. The van der Waals surface area contributed by atoms with E-state index in [-0.39, 0.29) is 5.84 Å². The Morgan fingerprint density at radius 1 is 1.33 bits per heavy atom. The summed E-state index contributed by atoms with van der Waals surface area (Å²) in [5.74, 6) is 0.0535. The van der Waals surface area contributed by atoms with Crippen LogP contribution in [0, 0.1) is 5.41 Å². The lowest BCUT2D eigenvalue weighted by molar-refractivity contribution is 0.132. The third-order valence-corrected chi connectivity index (χ3v) is 3.45. The Kier molecular flexibility index (Phi) is 4.28. The average Bonchev–Trinajstić information content (AvgIpc) is 2.40. The number of piperazine rings is 1. The number of nitrogens with zero attached hydrogens (tertiary/aromatic N) is 3. The first-order valence-electron chi connectivity index (χ1n) is 6.43. The second-order valence-electron chi connectivity index (χ2n) is 4.64. The molecule has 0 unspecified atom stereocenters. The highest BCUT2D eigenvalue weighted by atomic mass is 15.3. The highest BCUT2D eigenvalue weighted by Crippen LogP contribution is 2.11. The number of amidine groups is 1. The van der Waals surface area contributed by atoms with Gasteiger partial charge in [-0.1, -0.05) is 13.0 Å². The van der Waals surface area contributed by atoms with Crippen molar-refractivity contribution in [2.45, 2.75) is 13.5 Å². The zero-order valence-electron chi connectivity index (χ0n) is 10.9. The molecule has 0 aromatic carbocycles. The second-order valence-corrected chi connectivity index (χ2v) is 4.64. The van der Waals surface area contributed by atoms with Gasteiger partial charge in [0.25, 0.3) is 0 Å². The first-order chi connectivity index (χ1) is 8.70. The van der Waals surface area contributed by atoms with Gasteiger partial charge >= 0.3 is 0 Å². The van der Waals surface area contributed by atoms with E-state index in [1.807, 2.05) is 12.1 Å². The molecule has 1 aliphatic heterocycles. The van der Waals surface area contributed by atoms with Crippen molar-refractivity contribution in [2.24, 2.45) is 5.73 Å². The molecule has 1 saturated heterocycles. The van der Waals surface area contributed by atoms with Crippen LogP contribution in [0.1, 0.15) is 18.2 Å². The molecule has 2 heterocycles. The van der Waals surface area contributed by atoms with Crippen LogP contribution >= 0.6 is 0 Å². The van der Waals surface area contributed by atoms with Crippen LogP contribution in [-0.4, -0.2) is 53.3 Å². The van der Waals surface area contributed by atoms with Crippen LogP contribution in [0.15, 0.2) is 18.3 Å². The highest BCUT2D eigenvalue weighted by Gasteiger charge is 2.17. The number of hydrogen-bond donors (Lipinski definition) is 2. The number of hydrogen-bond acceptors (Lipinski definition) is 4. The summed E-state index contributed by atoms with van der Waals surface area (Å²) in [6.45, 7) is 8.53. The quantitative estimate of drug-likeness (QED) is 0.600. The molecular weight excluding hydrogens is 226 g/mol. The van der Waals surface area contributed by atoms with Crippen LogP contribution in [0.5, 0.6) is 0 Å². The average molecular weight is 247 g/mol. The van der Waals surface area contributed by atoms with Gasteiger partial charge in [0, 0.05) is 38.9 Å². The maximum Gasteiger partial charge on any atom is 0.142 e. The zero-order chi connectivity index (χ0) is 13.0. The summed E-state index contributed by atoms with van der Waals surface area (Å²) in [7, 11) is 0. The Hall–Kier alpha value is -1.46. The summed E-state index contributed by atoms with van der Waals surface area (Å²) in [5.41, 5.74) is 7.23. The summed E-state index contributed by atoms with van der Waals surface area (Å²) in [6.07, 6.45) is 1.69. The van der Waals surface area contributed by atoms with Crippen molar-refractivity contribution in [1.82, 2.24) is 14.8 Å². The smallest absolute Gasteiger partial charge is 0.142 e. The predicted octanol–water partition coefficient (Wildman–Crippen LogP) is 0.503. The van der Waals surface area contributed by atoms with E-state index in [0.717, 1.165) is 44.8 Å². The monoisotopic (exact) mass is 247 g/mol. The lowest BCUT2D eigenvalue weighted by atomic mass is 10.1. The summed E-state index contributed by atoms with van der Waals surface area (Å²) in [6, 6.07) is 3.92. The van der Waals surface area contributed by atoms with E-state index in [0.29, 0.717) is 5.69 Å². The maximum absolute atomic E-state index is 7.54. The molecule has 0 atom stereocenters. The Morgan fingerprint density at radius 2 is 2.00 bits per heavy atom. The first-order valence-corrected chi connectivity index (χ1v) is 6.43. The molecule has 0 amide bonds. The molecule has 98 valence electrons. The van der Waals surface area contributed by atoms with Crippen molar-refractivity contribution >= 4 is 5.84 Å². The Morgan fingerprint density at radius 3 is 2.61 bits per heavy atom. The standard InChI is InChI=1S/C13H21N5/c1-2-17-6-8-18(9-7-17)10-11-4-3-5-16-12(11)13(14)15/h3-5H,2,6-10H2,1H3,(H3,14,15). The van der Waals surface area contributed by atoms with Crippen molar-refractivity contribution in [3.05, 3.63) is 29.6 Å². The van der Waals surface area contributed by atoms with Gasteiger partial charge < -0.3 is 10.6 Å². The molecule has 18 heavy (non-hydrogen) atoms. The molecule has 0 bridgehead atoms. The van der Waals surface area contributed by atoms with E-state index in [1.54, 1.807) is 6.20 Å². The maximum atomic E-state index is 7.54. The summed E-state index contributed by atoms with van der Waals surface area (Å²) in [5, 5.41) is 7.54. The molecule has 3 N–H and O–H groups in total. The lowest BCUT2D eigenvalue weighted by Crippen LogP contribution is -2.45. The molecule has 0 radical (unpaired) electrons. The van der Waals surface area contributed by atoms with Gasteiger partial charge in [-0.3, -0.25) is 15.3 Å². The van der Waals surface area contributed by atoms with E-state index in [9.17, 15) is 0 Å². The highest BCUT2D eigenvalue weighted by molar-refractivity contribution is 5.94. The number of likely N-dealkylation sites (N-methyl/N-ethyl adjacent to an activating group) is 1. The number of pyridine rings is 1. The number of aromatic nitrogens is 1. The molecule has 0 aliphatic carbocycles. The van der Waals surface area contributed by atoms with Crippen molar-refractivity contribution < 1.29 is 0 Å². The molecule has 2 rings (SSSR count). The predicted molar refractivity (Wildman–Crippen MR) is 72.6 cm³/mol. The SMILES string of the molecule is CCN1CCN(Cc2cccnc2C(=N)N)CC1. The normalized spacial score (nSPS) is 17.8. The van der Waals surface area contributed by atoms with Crippen molar-refractivity contribution in [3.63, 3.8) is 0 Å². The van der Waals surface area contributed by atoms with Gasteiger partial charge in [0.1, 0.15) is 11.5 Å². The van der Waals surface area contributed by atoms with Crippen LogP contribution < -0.4 is 5.73 Å². The topological polar surface area (TPSA) is 69.2 Å². The van der Waals surface area contributed by atoms with Crippen LogP contribution in [0.2, 0.25) is 0 Å². The first kappa shape index (κ1) is 13.0. The summed E-state index contributed by atoms with van der Waals surface area (Å²) >= 11 is 0. The largest absolute Gasteiger partial charge is 0.382 e. The van der Waals surface area contributed by atoms with Gasteiger partial charge in [-0.15, -0.1) is 0 Å². The van der Waals surface area contributed by atoms with Gasteiger partial charge in [-0.25, -0.2) is 0 Å².